The highest BCUT2D eigenvalue weighted by Gasteiger charge is 2.42. The quantitative estimate of drug-likeness (QED) is 0.863. The van der Waals surface area contributed by atoms with Gasteiger partial charge in [0.05, 0.1) is 12.3 Å². The van der Waals surface area contributed by atoms with Gasteiger partial charge in [-0.1, -0.05) is 25.9 Å². The van der Waals surface area contributed by atoms with Crippen LogP contribution in [0.4, 0.5) is 0 Å². The molecule has 0 bridgehead atoms. The highest BCUT2D eigenvalue weighted by Crippen LogP contribution is 2.43. The van der Waals surface area contributed by atoms with Gasteiger partial charge in [-0.15, -0.1) is 0 Å². The molecule has 0 aliphatic heterocycles. The number of nitrogens with zero attached hydrogens (tertiary/aromatic N) is 1. The summed E-state index contributed by atoms with van der Waals surface area (Å²) < 4.78 is 4.83. The second kappa shape index (κ2) is 5.02. The first kappa shape index (κ1) is 13.6. The fourth-order valence-electron chi connectivity index (χ4n) is 3.66. The SMILES string of the molecule is C[C@H]1CC(C)(C)C[C@@](CO)(NCc2ccon2)C1. The lowest BCUT2D eigenvalue weighted by Crippen LogP contribution is -2.54. The van der Waals surface area contributed by atoms with Crippen LogP contribution in [0, 0.1) is 11.3 Å². The number of nitrogens with one attached hydrogen (secondary N) is 1. The molecule has 2 atom stereocenters. The van der Waals surface area contributed by atoms with E-state index in [2.05, 4.69) is 31.2 Å². The van der Waals surface area contributed by atoms with Crippen LogP contribution in [0.3, 0.4) is 0 Å². The lowest BCUT2D eigenvalue weighted by atomic mass is 9.64. The summed E-state index contributed by atoms with van der Waals surface area (Å²) in [6.07, 6.45) is 4.82. The Balaban J connectivity index is 2.05. The maximum absolute atomic E-state index is 9.81. The standard InChI is InChI=1S/C14H24N2O2/c1-11-6-13(2,3)9-14(7-11,10-17)15-8-12-4-5-18-16-12/h4-5,11,15,17H,6-10H2,1-3H3/t11-,14-/m0/s1. The Hall–Kier alpha value is -0.870. The number of aromatic nitrogens is 1. The maximum Gasteiger partial charge on any atom is 0.124 e. The van der Waals surface area contributed by atoms with Gasteiger partial charge < -0.3 is 14.9 Å². The number of aliphatic hydroxyl groups excluding tert-OH is 1. The van der Waals surface area contributed by atoms with E-state index in [0.29, 0.717) is 12.5 Å². The average molecular weight is 252 g/mol. The van der Waals surface area contributed by atoms with Gasteiger partial charge >= 0.3 is 0 Å². The van der Waals surface area contributed by atoms with Crippen LogP contribution in [-0.4, -0.2) is 22.4 Å². The van der Waals surface area contributed by atoms with Gasteiger partial charge in [-0.25, -0.2) is 0 Å². The summed E-state index contributed by atoms with van der Waals surface area (Å²) >= 11 is 0. The van der Waals surface area contributed by atoms with Crippen LogP contribution in [0.5, 0.6) is 0 Å². The van der Waals surface area contributed by atoms with E-state index < -0.39 is 0 Å². The predicted molar refractivity (Wildman–Crippen MR) is 70.0 cm³/mol. The highest BCUT2D eigenvalue weighted by molar-refractivity contribution is 5.02. The zero-order chi connectivity index (χ0) is 13.2. The van der Waals surface area contributed by atoms with Crippen LogP contribution in [0.25, 0.3) is 0 Å². The molecule has 1 fully saturated rings. The summed E-state index contributed by atoms with van der Waals surface area (Å²) in [6, 6.07) is 1.86. The molecule has 18 heavy (non-hydrogen) atoms. The molecule has 1 aliphatic rings. The Kier molecular flexibility index (Phi) is 3.78. The molecule has 2 N–H and O–H groups in total. The molecule has 1 heterocycles. The number of rotatable bonds is 4. The Bertz CT molecular complexity index is 375. The fraction of sp³-hybridized carbons (Fsp3) is 0.786. The molecule has 1 aromatic heterocycles. The van der Waals surface area contributed by atoms with Crippen molar-refractivity contribution in [2.75, 3.05) is 6.61 Å². The van der Waals surface area contributed by atoms with Crippen molar-refractivity contribution in [1.82, 2.24) is 10.5 Å². The summed E-state index contributed by atoms with van der Waals surface area (Å²) in [5.41, 5.74) is 0.982. The predicted octanol–water partition coefficient (Wildman–Crippen LogP) is 2.34. The molecule has 1 saturated carbocycles. The van der Waals surface area contributed by atoms with E-state index in [9.17, 15) is 5.11 Å². The van der Waals surface area contributed by atoms with Gasteiger partial charge in [0, 0.05) is 18.2 Å². The maximum atomic E-state index is 9.81. The number of hydrogen-bond acceptors (Lipinski definition) is 4. The van der Waals surface area contributed by atoms with Crippen LogP contribution in [0.2, 0.25) is 0 Å². The molecule has 4 nitrogen and oxygen atoms in total. The molecule has 0 amide bonds. The topological polar surface area (TPSA) is 58.3 Å². The van der Waals surface area contributed by atoms with E-state index in [1.807, 2.05) is 6.07 Å². The van der Waals surface area contributed by atoms with Crippen molar-refractivity contribution in [1.29, 1.82) is 0 Å². The Morgan fingerprint density at radius 1 is 1.50 bits per heavy atom. The normalized spacial score (nSPS) is 31.4. The number of hydrogen-bond donors (Lipinski definition) is 2. The van der Waals surface area contributed by atoms with Crippen LogP contribution >= 0.6 is 0 Å². The second-order valence-corrected chi connectivity index (χ2v) is 6.64. The fourth-order valence-corrected chi connectivity index (χ4v) is 3.66. The van der Waals surface area contributed by atoms with Crippen LogP contribution in [0.15, 0.2) is 16.9 Å². The third-order valence-corrected chi connectivity index (χ3v) is 3.90. The van der Waals surface area contributed by atoms with Crippen molar-refractivity contribution >= 4 is 0 Å². The Morgan fingerprint density at radius 3 is 2.83 bits per heavy atom. The van der Waals surface area contributed by atoms with E-state index in [4.69, 9.17) is 4.52 Å². The number of aliphatic hydroxyl groups is 1. The van der Waals surface area contributed by atoms with E-state index in [1.165, 1.54) is 6.42 Å². The zero-order valence-electron chi connectivity index (χ0n) is 11.6. The summed E-state index contributed by atoms with van der Waals surface area (Å²) in [7, 11) is 0. The van der Waals surface area contributed by atoms with Crippen molar-refractivity contribution in [3.05, 3.63) is 18.0 Å². The van der Waals surface area contributed by atoms with Gasteiger partial charge in [0.2, 0.25) is 0 Å². The van der Waals surface area contributed by atoms with Gasteiger partial charge in [0.1, 0.15) is 6.26 Å². The first-order valence-electron chi connectivity index (χ1n) is 6.70. The Labute approximate surface area is 109 Å². The molecular weight excluding hydrogens is 228 g/mol. The van der Waals surface area contributed by atoms with E-state index in [1.54, 1.807) is 6.26 Å². The molecule has 0 saturated heterocycles. The van der Waals surface area contributed by atoms with Gasteiger partial charge in [-0.3, -0.25) is 0 Å². The minimum atomic E-state index is -0.180. The molecule has 1 aromatic rings. The molecule has 0 aromatic carbocycles. The summed E-state index contributed by atoms with van der Waals surface area (Å²) in [5.74, 6) is 0.630. The second-order valence-electron chi connectivity index (χ2n) is 6.64. The largest absolute Gasteiger partial charge is 0.394 e. The zero-order valence-corrected chi connectivity index (χ0v) is 11.6. The smallest absolute Gasteiger partial charge is 0.124 e. The molecular formula is C14H24N2O2. The highest BCUT2D eigenvalue weighted by atomic mass is 16.5. The van der Waals surface area contributed by atoms with E-state index in [0.717, 1.165) is 18.5 Å². The van der Waals surface area contributed by atoms with Crippen molar-refractivity contribution in [2.24, 2.45) is 11.3 Å². The van der Waals surface area contributed by atoms with Crippen LogP contribution < -0.4 is 5.32 Å². The summed E-state index contributed by atoms with van der Waals surface area (Å²) in [6.45, 7) is 7.66. The minimum Gasteiger partial charge on any atom is -0.394 e. The molecule has 2 rings (SSSR count). The van der Waals surface area contributed by atoms with Crippen molar-refractivity contribution in [3.63, 3.8) is 0 Å². The van der Waals surface area contributed by atoms with Gasteiger partial charge in [-0.2, -0.15) is 0 Å². The van der Waals surface area contributed by atoms with Crippen molar-refractivity contribution < 1.29 is 9.63 Å². The third kappa shape index (κ3) is 3.12. The third-order valence-electron chi connectivity index (χ3n) is 3.90. The van der Waals surface area contributed by atoms with Gasteiger partial charge in [-0.05, 0) is 30.6 Å². The van der Waals surface area contributed by atoms with E-state index >= 15 is 0 Å². The molecule has 102 valence electrons. The Morgan fingerprint density at radius 2 is 2.28 bits per heavy atom. The van der Waals surface area contributed by atoms with Crippen molar-refractivity contribution in [2.45, 2.75) is 52.1 Å². The van der Waals surface area contributed by atoms with E-state index in [-0.39, 0.29) is 17.6 Å². The summed E-state index contributed by atoms with van der Waals surface area (Å²) in [5, 5.41) is 17.2. The summed E-state index contributed by atoms with van der Waals surface area (Å²) in [4.78, 5) is 0. The first-order chi connectivity index (χ1) is 8.45. The molecule has 1 aliphatic carbocycles. The van der Waals surface area contributed by atoms with Gasteiger partial charge in [0.15, 0.2) is 0 Å². The minimum absolute atomic E-state index is 0.179. The van der Waals surface area contributed by atoms with Crippen molar-refractivity contribution in [3.8, 4) is 0 Å². The molecule has 0 unspecified atom stereocenters. The van der Waals surface area contributed by atoms with Crippen LogP contribution in [-0.2, 0) is 6.54 Å². The average Bonchev–Trinajstić information content (AvgIpc) is 2.76. The molecule has 4 heteroatoms. The first-order valence-corrected chi connectivity index (χ1v) is 6.70. The lowest BCUT2D eigenvalue weighted by molar-refractivity contribution is 0.0349. The molecule has 0 radical (unpaired) electrons. The monoisotopic (exact) mass is 252 g/mol. The lowest BCUT2D eigenvalue weighted by Gasteiger charge is -2.47. The molecule has 0 spiro atoms. The van der Waals surface area contributed by atoms with Gasteiger partial charge in [0.25, 0.3) is 0 Å². The van der Waals surface area contributed by atoms with Crippen LogP contribution in [0.1, 0.15) is 45.7 Å².